The van der Waals surface area contributed by atoms with E-state index in [1.54, 1.807) is 24.4 Å². The predicted octanol–water partition coefficient (Wildman–Crippen LogP) is 5.04. The molecule has 1 aromatic heterocycles. The smallest absolute Gasteiger partial charge is 0.293 e. The van der Waals surface area contributed by atoms with Gasteiger partial charge in [0.2, 0.25) is 5.91 Å². The summed E-state index contributed by atoms with van der Waals surface area (Å²) in [4.78, 5) is 25.1. The lowest BCUT2D eigenvalue weighted by atomic mass is 9.70. The molecule has 1 aromatic carbocycles. The first-order chi connectivity index (χ1) is 16.2. The third-order valence-electron chi connectivity index (χ3n) is 7.64. The maximum atomic E-state index is 14.8. The number of halogens is 2. The van der Waals surface area contributed by atoms with Crippen molar-refractivity contribution in [3.63, 3.8) is 0 Å². The van der Waals surface area contributed by atoms with E-state index in [0.717, 1.165) is 56.3 Å². The second kappa shape index (κ2) is 8.75. The molecule has 0 bridgehead atoms. The van der Waals surface area contributed by atoms with Crippen LogP contribution in [0.15, 0.2) is 34.3 Å². The fourth-order valence-corrected chi connectivity index (χ4v) is 6.65. The van der Waals surface area contributed by atoms with Crippen molar-refractivity contribution >= 4 is 29.2 Å². The van der Waals surface area contributed by atoms with Gasteiger partial charge in [-0.15, -0.1) is 0 Å². The number of aromatic nitrogens is 2. The molecule has 1 spiro atoms. The number of fused-ring (bicyclic) bond motifs is 1. The van der Waals surface area contributed by atoms with Gasteiger partial charge in [-0.1, -0.05) is 31.2 Å². The van der Waals surface area contributed by atoms with Crippen LogP contribution < -0.4 is 9.80 Å². The number of nitrogens with zero attached hydrogens (tertiary/aromatic N) is 4. The highest BCUT2D eigenvalue weighted by Crippen LogP contribution is 2.49. The van der Waals surface area contributed by atoms with Crippen LogP contribution in [-0.2, 0) is 15.5 Å². The number of hydrogen-bond donors (Lipinski definition) is 0. The molecule has 0 aliphatic carbocycles. The van der Waals surface area contributed by atoms with Gasteiger partial charge in [-0.25, -0.2) is 9.97 Å². The van der Waals surface area contributed by atoms with Gasteiger partial charge in [0, 0.05) is 30.3 Å². The SMILES string of the molecule is CC[C@@H]1COCC12CCN(c1cnc(Sc3cccc4c3C(F)(F)CN4C(C)=O)c(C)n1)CC2. The molecule has 2 aromatic rings. The number of carbonyl (C=O) groups is 1. The van der Waals surface area contributed by atoms with E-state index in [4.69, 9.17) is 9.72 Å². The van der Waals surface area contributed by atoms with E-state index in [1.165, 1.54) is 18.7 Å². The lowest BCUT2D eigenvalue weighted by Crippen LogP contribution is -2.44. The lowest BCUT2D eigenvalue weighted by molar-refractivity contribution is -0.117. The van der Waals surface area contributed by atoms with Gasteiger partial charge in [-0.3, -0.25) is 4.79 Å². The standard InChI is InChI=1S/C25H30F2N4O2S/c1-4-18-13-33-15-24(18)8-10-30(11-9-24)21-12-28-23(16(2)29-21)34-20-7-5-6-19-22(20)25(26,27)14-31(19)17(3)32/h5-7,12,18H,4,8-11,13-15H2,1-3H3/t18-/m1/s1. The minimum Gasteiger partial charge on any atom is -0.381 e. The number of carbonyl (C=O) groups excluding carboxylic acids is 1. The summed E-state index contributed by atoms with van der Waals surface area (Å²) < 4.78 is 35.5. The van der Waals surface area contributed by atoms with Gasteiger partial charge in [-0.2, -0.15) is 8.78 Å². The average Bonchev–Trinajstić information content (AvgIpc) is 3.33. The van der Waals surface area contributed by atoms with E-state index in [-0.39, 0.29) is 16.7 Å². The molecule has 34 heavy (non-hydrogen) atoms. The fraction of sp³-hybridized carbons (Fsp3) is 0.560. The maximum absolute atomic E-state index is 14.8. The second-order valence-corrected chi connectivity index (χ2v) is 10.7. The van der Waals surface area contributed by atoms with Crippen LogP contribution in [0.4, 0.5) is 20.3 Å². The van der Waals surface area contributed by atoms with Gasteiger partial charge in [0.25, 0.3) is 5.92 Å². The largest absolute Gasteiger partial charge is 0.381 e. The van der Waals surface area contributed by atoms with Crippen LogP contribution in [0.3, 0.4) is 0 Å². The Balaban J connectivity index is 1.34. The van der Waals surface area contributed by atoms with Crippen molar-refractivity contribution < 1.29 is 18.3 Å². The van der Waals surface area contributed by atoms with Crippen molar-refractivity contribution in [2.75, 3.05) is 42.6 Å². The normalized spacial score (nSPS) is 22.9. The lowest BCUT2D eigenvalue weighted by Gasteiger charge is -2.42. The van der Waals surface area contributed by atoms with Crippen molar-refractivity contribution in [3.8, 4) is 0 Å². The van der Waals surface area contributed by atoms with Crippen LogP contribution in [-0.4, -0.2) is 48.7 Å². The highest BCUT2D eigenvalue weighted by atomic mass is 32.2. The second-order valence-electron chi connectivity index (χ2n) is 9.65. The molecule has 2 fully saturated rings. The molecule has 0 saturated carbocycles. The first kappa shape index (κ1) is 23.5. The third kappa shape index (κ3) is 3.96. The van der Waals surface area contributed by atoms with Crippen LogP contribution in [0.1, 0.15) is 44.4 Å². The Hall–Kier alpha value is -2.26. The summed E-state index contributed by atoms with van der Waals surface area (Å²) in [5.74, 6) is -2.03. The van der Waals surface area contributed by atoms with Gasteiger partial charge in [0.15, 0.2) is 0 Å². The molecular weight excluding hydrogens is 458 g/mol. The Morgan fingerprint density at radius 1 is 1.29 bits per heavy atom. The zero-order chi connectivity index (χ0) is 24.1. The predicted molar refractivity (Wildman–Crippen MR) is 128 cm³/mol. The number of rotatable bonds is 4. The van der Waals surface area contributed by atoms with Gasteiger partial charge in [0.1, 0.15) is 10.8 Å². The zero-order valence-corrected chi connectivity index (χ0v) is 20.6. The van der Waals surface area contributed by atoms with Gasteiger partial charge in [0.05, 0.1) is 42.9 Å². The number of hydrogen-bond acceptors (Lipinski definition) is 6. The quantitative estimate of drug-likeness (QED) is 0.601. The molecule has 0 radical (unpaired) electrons. The summed E-state index contributed by atoms with van der Waals surface area (Å²) in [6, 6.07) is 4.94. The summed E-state index contributed by atoms with van der Waals surface area (Å²) in [7, 11) is 0. The summed E-state index contributed by atoms with van der Waals surface area (Å²) in [5, 5.41) is 0.595. The summed E-state index contributed by atoms with van der Waals surface area (Å²) >= 11 is 1.18. The molecule has 4 heterocycles. The molecule has 2 saturated heterocycles. The zero-order valence-electron chi connectivity index (χ0n) is 19.8. The molecule has 3 aliphatic heterocycles. The average molecular weight is 489 g/mol. The molecular formula is C25H30F2N4O2S. The first-order valence-electron chi connectivity index (χ1n) is 11.9. The highest BCUT2D eigenvalue weighted by molar-refractivity contribution is 7.99. The van der Waals surface area contributed by atoms with Gasteiger partial charge >= 0.3 is 0 Å². The number of aryl methyl sites for hydroxylation is 1. The van der Waals surface area contributed by atoms with E-state index in [2.05, 4.69) is 16.8 Å². The van der Waals surface area contributed by atoms with Crippen LogP contribution in [0.2, 0.25) is 0 Å². The van der Waals surface area contributed by atoms with Crippen LogP contribution in [0, 0.1) is 18.3 Å². The summed E-state index contributed by atoms with van der Waals surface area (Å²) in [6.07, 6.45) is 5.07. The minimum absolute atomic E-state index is 0.105. The van der Waals surface area contributed by atoms with Crippen molar-refractivity contribution in [2.24, 2.45) is 11.3 Å². The topological polar surface area (TPSA) is 58.6 Å². The molecule has 0 unspecified atom stereocenters. The molecule has 0 N–H and O–H groups in total. The fourth-order valence-electron chi connectivity index (χ4n) is 5.64. The van der Waals surface area contributed by atoms with E-state index < -0.39 is 18.4 Å². The van der Waals surface area contributed by atoms with E-state index in [9.17, 15) is 13.6 Å². The molecule has 1 atom stereocenters. The van der Waals surface area contributed by atoms with Gasteiger partial charge in [-0.05, 0) is 37.8 Å². The number of alkyl halides is 2. The number of anilines is 2. The third-order valence-corrected chi connectivity index (χ3v) is 8.80. The minimum atomic E-state index is -3.10. The Morgan fingerprint density at radius 2 is 2.06 bits per heavy atom. The van der Waals surface area contributed by atoms with Crippen LogP contribution in [0.25, 0.3) is 0 Å². The van der Waals surface area contributed by atoms with Crippen molar-refractivity contribution in [2.45, 2.75) is 55.9 Å². The summed E-state index contributed by atoms with van der Waals surface area (Å²) in [5.41, 5.74) is 1.16. The highest BCUT2D eigenvalue weighted by Gasteiger charge is 2.47. The molecule has 1 amide bonds. The number of benzene rings is 1. The van der Waals surface area contributed by atoms with E-state index >= 15 is 0 Å². The van der Waals surface area contributed by atoms with Crippen LogP contribution >= 0.6 is 11.8 Å². The maximum Gasteiger partial charge on any atom is 0.293 e. The number of piperidine rings is 1. The summed E-state index contributed by atoms with van der Waals surface area (Å²) in [6.45, 7) is 8.35. The van der Waals surface area contributed by atoms with Crippen LogP contribution in [0.5, 0.6) is 0 Å². The number of amides is 1. The monoisotopic (exact) mass is 488 g/mol. The van der Waals surface area contributed by atoms with Gasteiger partial charge < -0.3 is 14.5 Å². The molecule has 6 nitrogen and oxygen atoms in total. The molecule has 9 heteroatoms. The Morgan fingerprint density at radius 3 is 2.74 bits per heavy atom. The van der Waals surface area contributed by atoms with Crippen molar-refractivity contribution in [1.29, 1.82) is 0 Å². The van der Waals surface area contributed by atoms with E-state index in [1.807, 2.05) is 6.92 Å². The number of ether oxygens (including phenoxy) is 1. The van der Waals surface area contributed by atoms with Crippen molar-refractivity contribution in [1.82, 2.24) is 9.97 Å². The Kier molecular flexibility index (Phi) is 6.04. The molecule has 5 rings (SSSR count). The first-order valence-corrected chi connectivity index (χ1v) is 12.7. The molecule has 182 valence electrons. The Labute approximate surface area is 203 Å². The molecule has 3 aliphatic rings. The Bertz CT molecular complexity index is 1100. The van der Waals surface area contributed by atoms with E-state index in [0.29, 0.717) is 21.5 Å². The van der Waals surface area contributed by atoms with Crippen molar-refractivity contribution in [3.05, 3.63) is 35.7 Å².